The molecule has 122 valence electrons. The van der Waals surface area contributed by atoms with Crippen LogP contribution < -0.4 is 0 Å². The number of benzene rings is 1. The second-order valence-corrected chi connectivity index (χ2v) is 7.75. The van der Waals surface area contributed by atoms with E-state index in [-0.39, 0.29) is 16.7 Å². The Morgan fingerprint density at radius 2 is 2.00 bits per heavy atom. The average Bonchev–Trinajstić information content (AvgIpc) is 2.45. The lowest BCUT2D eigenvalue weighted by atomic mass is 9.90. The van der Waals surface area contributed by atoms with Gasteiger partial charge in [0.05, 0.1) is 0 Å². The first-order chi connectivity index (χ1) is 10.3. The number of likely N-dealkylation sites (tertiary alicyclic amines) is 1. The van der Waals surface area contributed by atoms with Gasteiger partial charge >= 0.3 is 6.09 Å². The zero-order chi connectivity index (χ0) is 16.3. The summed E-state index contributed by atoms with van der Waals surface area (Å²) >= 11 is 3.69. The molecule has 1 aromatic rings. The van der Waals surface area contributed by atoms with E-state index >= 15 is 0 Å². The summed E-state index contributed by atoms with van der Waals surface area (Å²) in [5.74, 6) is 0.175. The Morgan fingerprint density at radius 3 is 2.55 bits per heavy atom. The van der Waals surface area contributed by atoms with Crippen molar-refractivity contribution >= 4 is 22.0 Å². The van der Waals surface area contributed by atoms with Crippen LogP contribution in [0.15, 0.2) is 24.3 Å². The van der Waals surface area contributed by atoms with Crippen LogP contribution >= 0.6 is 15.9 Å². The highest BCUT2D eigenvalue weighted by Crippen LogP contribution is 2.37. The van der Waals surface area contributed by atoms with Gasteiger partial charge < -0.3 is 9.64 Å². The molecule has 0 N–H and O–H groups in total. The molecule has 0 radical (unpaired) electrons. The standard InChI is InChI=1S/C17H23BrFNO2/c1-17(2,3)22-16(21)20-9-7-12(8-10-20)15(18)13-5-4-6-14(19)11-13/h4-6,11-12,15H,7-10H2,1-3H3. The number of carbonyl (C=O) groups excluding carboxylic acids is 1. The molecular formula is C17H23BrFNO2. The number of rotatable bonds is 2. The monoisotopic (exact) mass is 371 g/mol. The molecule has 22 heavy (non-hydrogen) atoms. The third-order valence-electron chi connectivity index (χ3n) is 3.77. The second kappa shape index (κ2) is 6.99. The van der Waals surface area contributed by atoms with Crippen LogP contribution in [0.2, 0.25) is 0 Å². The van der Waals surface area contributed by atoms with E-state index < -0.39 is 5.60 Å². The quantitative estimate of drug-likeness (QED) is 0.691. The summed E-state index contributed by atoms with van der Waals surface area (Å²) in [6.45, 7) is 6.97. The maximum absolute atomic E-state index is 13.3. The summed E-state index contributed by atoms with van der Waals surface area (Å²) in [6, 6.07) is 6.69. The SMILES string of the molecule is CC(C)(C)OC(=O)N1CCC(C(Br)c2cccc(F)c2)CC1. The third kappa shape index (κ3) is 4.70. The molecule has 1 saturated heterocycles. The highest BCUT2D eigenvalue weighted by Gasteiger charge is 2.30. The van der Waals surface area contributed by atoms with Gasteiger partial charge in [0, 0.05) is 17.9 Å². The largest absolute Gasteiger partial charge is 0.444 e. The maximum Gasteiger partial charge on any atom is 0.410 e. The predicted octanol–water partition coefficient (Wildman–Crippen LogP) is 4.91. The van der Waals surface area contributed by atoms with Gasteiger partial charge in [0.25, 0.3) is 0 Å². The molecule has 3 nitrogen and oxygen atoms in total. The van der Waals surface area contributed by atoms with E-state index in [0.717, 1.165) is 18.4 Å². The Bertz CT molecular complexity index is 522. The fourth-order valence-corrected chi connectivity index (χ4v) is 3.46. The molecule has 1 heterocycles. The molecule has 0 aromatic heterocycles. The molecule has 1 atom stereocenters. The molecule has 0 aliphatic carbocycles. The number of ether oxygens (including phenoxy) is 1. The molecule has 1 aliphatic rings. The molecule has 1 amide bonds. The van der Waals surface area contributed by atoms with Crippen LogP contribution in [0.4, 0.5) is 9.18 Å². The Labute approximate surface area is 140 Å². The number of hydrogen-bond acceptors (Lipinski definition) is 2. The lowest BCUT2D eigenvalue weighted by molar-refractivity contribution is 0.0184. The summed E-state index contributed by atoms with van der Waals surface area (Å²) < 4.78 is 18.7. The molecule has 5 heteroatoms. The van der Waals surface area contributed by atoms with Gasteiger partial charge in [0.15, 0.2) is 0 Å². The van der Waals surface area contributed by atoms with E-state index in [1.54, 1.807) is 17.0 Å². The van der Waals surface area contributed by atoms with Gasteiger partial charge in [-0.1, -0.05) is 28.1 Å². The van der Waals surface area contributed by atoms with Gasteiger partial charge in [0.2, 0.25) is 0 Å². The first-order valence-corrected chi connectivity index (χ1v) is 8.55. The number of hydrogen-bond donors (Lipinski definition) is 0. The van der Waals surface area contributed by atoms with Crippen molar-refractivity contribution in [2.45, 2.75) is 44.0 Å². The van der Waals surface area contributed by atoms with Crippen molar-refractivity contribution in [3.63, 3.8) is 0 Å². The van der Waals surface area contributed by atoms with E-state index in [9.17, 15) is 9.18 Å². The summed E-state index contributed by atoms with van der Waals surface area (Å²) in [6.07, 6.45) is 1.51. The first-order valence-electron chi connectivity index (χ1n) is 7.64. The average molecular weight is 372 g/mol. The molecule has 1 aliphatic heterocycles. The minimum Gasteiger partial charge on any atom is -0.444 e. The highest BCUT2D eigenvalue weighted by molar-refractivity contribution is 9.09. The van der Waals surface area contributed by atoms with Crippen LogP contribution in [0.1, 0.15) is 44.0 Å². The second-order valence-electron chi connectivity index (χ2n) is 6.76. The van der Waals surface area contributed by atoms with E-state index in [1.807, 2.05) is 26.8 Å². The van der Waals surface area contributed by atoms with Crippen LogP contribution in [-0.4, -0.2) is 29.7 Å². The molecule has 1 aromatic carbocycles. The van der Waals surface area contributed by atoms with Crippen LogP contribution in [0.3, 0.4) is 0 Å². The van der Waals surface area contributed by atoms with Crippen LogP contribution in [0.25, 0.3) is 0 Å². The zero-order valence-electron chi connectivity index (χ0n) is 13.3. The lowest BCUT2D eigenvalue weighted by Gasteiger charge is -2.35. The summed E-state index contributed by atoms with van der Waals surface area (Å²) in [7, 11) is 0. The Hall–Kier alpha value is -1.10. The first kappa shape index (κ1) is 17.3. The van der Waals surface area contributed by atoms with Crippen molar-refractivity contribution in [1.82, 2.24) is 4.90 Å². The predicted molar refractivity (Wildman–Crippen MR) is 88.6 cm³/mol. The van der Waals surface area contributed by atoms with Crippen molar-refractivity contribution in [2.24, 2.45) is 5.92 Å². The van der Waals surface area contributed by atoms with Crippen molar-refractivity contribution < 1.29 is 13.9 Å². The van der Waals surface area contributed by atoms with E-state index in [2.05, 4.69) is 15.9 Å². The highest BCUT2D eigenvalue weighted by atomic mass is 79.9. The Morgan fingerprint density at radius 1 is 1.36 bits per heavy atom. The zero-order valence-corrected chi connectivity index (χ0v) is 14.9. The van der Waals surface area contributed by atoms with Gasteiger partial charge in [0.1, 0.15) is 11.4 Å². The molecule has 1 unspecified atom stereocenters. The van der Waals surface area contributed by atoms with Crippen molar-refractivity contribution in [1.29, 1.82) is 0 Å². The molecular weight excluding hydrogens is 349 g/mol. The molecule has 0 bridgehead atoms. The number of amides is 1. The van der Waals surface area contributed by atoms with Gasteiger partial charge in [-0.25, -0.2) is 9.18 Å². The van der Waals surface area contributed by atoms with Crippen molar-refractivity contribution in [3.8, 4) is 0 Å². The fourth-order valence-electron chi connectivity index (χ4n) is 2.65. The Balaban J connectivity index is 1.90. The summed E-state index contributed by atoms with van der Waals surface area (Å²) in [5, 5.41) is 0. The van der Waals surface area contributed by atoms with Gasteiger partial charge in [-0.15, -0.1) is 0 Å². The van der Waals surface area contributed by atoms with Crippen LogP contribution in [0.5, 0.6) is 0 Å². The number of carbonyl (C=O) groups is 1. The topological polar surface area (TPSA) is 29.5 Å². The van der Waals surface area contributed by atoms with Crippen molar-refractivity contribution in [3.05, 3.63) is 35.6 Å². The summed E-state index contributed by atoms with van der Waals surface area (Å²) in [5.41, 5.74) is 0.490. The van der Waals surface area contributed by atoms with Gasteiger partial charge in [-0.05, 0) is 57.2 Å². The number of halogens is 2. The van der Waals surface area contributed by atoms with E-state index in [4.69, 9.17) is 4.74 Å². The lowest BCUT2D eigenvalue weighted by Crippen LogP contribution is -2.42. The van der Waals surface area contributed by atoms with Gasteiger partial charge in [-0.3, -0.25) is 0 Å². The normalized spacial score (nSPS) is 18.1. The van der Waals surface area contributed by atoms with Crippen LogP contribution in [-0.2, 0) is 4.74 Å². The van der Waals surface area contributed by atoms with E-state index in [0.29, 0.717) is 19.0 Å². The minimum atomic E-state index is -0.465. The number of alkyl halides is 1. The number of piperidine rings is 1. The van der Waals surface area contributed by atoms with E-state index in [1.165, 1.54) is 6.07 Å². The minimum absolute atomic E-state index is 0.115. The third-order valence-corrected chi connectivity index (χ3v) is 5.05. The van der Waals surface area contributed by atoms with Gasteiger partial charge in [-0.2, -0.15) is 0 Å². The molecule has 0 saturated carbocycles. The van der Waals surface area contributed by atoms with Crippen molar-refractivity contribution in [2.75, 3.05) is 13.1 Å². The molecule has 0 spiro atoms. The molecule has 2 rings (SSSR count). The van der Waals surface area contributed by atoms with Crippen LogP contribution in [0, 0.1) is 11.7 Å². The molecule has 1 fully saturated rings. The number of nitrogens with zero attached hydrogens (tertiary/aromatic N) is 1. The maximum atomic E-state index is 13.3. The fraction of sp³-hybridized carbons (Fsp3) is 0.588. The smallest absolute Gasteiger partial charge is 0.410 e. The summed E-state index contributed by atoms with van der Waals surface area (Å²) in [4.78, 5) is 13.9. The Kier molecular flexibility index (Phi) is 5.48.